The quantitative estimate of drug-likeness (QED) is 0.238. The van der Waals surface area contributed by atoms with Crippen LogP contribution in [0.4, 0.5) is 0 Å². The van der Waals surface area contributed by atoms with Crippen LogP contribution < -0.4 is 4.74 Å². The molecular weight excluding hydrogens is 360 g/mol. The topological polar surface area (TPSA) is 26.3 Å². The number of fused-ring (bicyclic) bond motifs is 2. The summed E-state index contributed by atoms with van der Waals surface area (Å²) in [5.74, 6) is 0.224. The fraction of sp³-hybridized carbons (Fsp3) is 0.0455. The Morgan fingerprint density at radius 2 is 1.46 bits per heavy atom. The van der Waals surface area contributed by atoms with Crippen LogP contribution in [-0.2, 0) is 4.79 Å². The summed E-state index contributed by atoms with van der Waals surface area (Å²) in [7, 11) is 0. The molecule has 1 aliphatic heterocycles. The summed E-state index contributed by atoms with van der Waals surface area (Å²) in [6.07, 6.45) is 1.91. The van der Waals surface area contributed by atoms with E-state index in [1.807, 2.05) is 36.4 Å². The monoisotopic (exact) mass is 376 g/mol. The molecule has 3 aromatic rings. The lowest BCUT2D eigenvalue weighted by atomic mass is 10.1. The molecule has 4 heteroatoms. The van der Waals surface area contributed by atoms with Crippen LogP contribution in [-0.4, -0.2) is 5.97 Å². The van der Waals surface area contributed by atoms with Crippen LogP contribution in [0.3, 0.4) is 0 Å². The van der Waals surface area contributed by atoms with Crippen LogP contribution in [0, 0.1) is 0 Å². The lowest BCUT2D eigenvalue weighted by Crippen LogP contribution is -2.09. The first-order valence-electron chi connectivity index (χ1n) is 8.24. The molecule has 0 aromatic heterocycles. The second-order valence-electron chi connectivity index (χ2n) is 5.86. The largest absolute Gasteiger partial charge is 0.423 e. The van der Waals surface area contributed by atoms with E-state index in [-0.39, 0.29) is 5.97 Å². The Kier molecular flexibility index (Phi) is 4.87. The summed E-state index contributed by atoms with van der Waals surface area (Å²) in [5.41, 5.74) is 1.61. The van der Waals surface area contributed by atoms with E-state index in [4.69, 9.17) is 4.74 Å². The normalized spacial score (nSPS) is 12.9. The first kappa shape index (κ1) is 17.0. The zero-order valence-corrected chi connectivity index (χ0v) is 15.8. The fourth-order valence-electron chi connectivity index (χ4n) is 2.65. The van der Waals surface area contributed by atoms with Gasteiger partial charge in [0, 0.05) is 25.2 Å². The van der Waals surface area contributed by atoms with Crippen molar-refractivity contribution in [1.29, 1.82) is 0 Å². The Morgan fingerprint density at radius 1 is 0.808 bits per heavy atom. The first-order valence-corrected chi connectivity index (χ1v) is 9.87. The summed E-state index contributed by atoms with van der Waals surface area (Å²) in [4.78, 5) is 17.3. The second-order valence-corrected chi connectivity index (χ2v) is 7.99. The van der Waals surface area contributed by atoms with Crippen molar-refractivity contribution in [2.45, 2.75) is 26.5 Å². The lowest BCUT2D eigenvalue weighted by Gasteiger charge is -2.19. The number of hydrogen-bond acceptors (Lipinski definition) is 4. The second kappa shape index (κ2) is 7.44. The van der Waals surface area contributed by atoms with Crippen molar-refractivity contribution in [3.05, 3.63) is 83.9 Å². The lowest BCUT2D eigenvalue weighted by molar-refractivity contribution is -0.130. The Balaban J connectivity index is 1.61. The third kappa shape index (κ3) is 3.57. The highest BCUT2D eigenvalue weighted by Crippen LogP contribution is 2.49. The van der Waals surface area contributed by atoms with Crippen LogP contribution in [0.1, 0.15) is 12.5 Å². The van der Waals surface area contributed by atoms with E-state index in [9.17, 15) is 4.79 Å². The molecule has 0 fully saturated rings. The minimum Gasteiger partial charge on any atom is -0.423 e. The van der Waals surface area contributed by atoms with Crippen molar-refractivity contribution in [1.82, 2.24) is 0 Å². The molecule has 0 spiro atoms. The van der Waals surface area contributed by atoms with Gasteiger partial charge in [-0.1, -0.05) is 66.0 Å². The average Bonchev–Trinajstić information content (AvgIpc) is 2.67. The molecule has 3 aromatic carbocycles. The van der Waals surface area contributed by atoms with E-state index in [2.05, 4.69) is 30.3 Å². The fourth-order valence-corrected chi connectivity index (χ4v) is 5.01. The Labute approximate surface area is 161 Å². The molecule has 0 aliphatic carbocycles. The molecule has 1 aliphatic rings. The Bertz CT molecular complexity index is 994. The summed E-state index contributed by atoms with van der Waals surface area (Å²) < 4.78 is 5.43. The number of ether oxygens (including phenoxy) is 1. The van der Waals surface area contributed by atoms with Crippen molar-refractivity contribution >= 4 is 35.6 Å². The van der Waals surface area contributed by atoms with Crippen LogP contribution >= 0.6 is 23.5 Å². The maximum Gasteiger partial charge on any atom is 0.339 e. The summed E-state index contributed by atoms with van der Waals surface area (Å²) in [6.45, 7) is 1.79. The molecule has 0 radical (unpaired) electrons. The predicted molar refractivity (Wildman–Crippen MR) is 107 cm³/mol. The molecule has 2 nitrogen and oxygen atoms in total. The first-order chi connectivity index (χ1) is 12.7. The molecule has 128 valence electrons. The zero-order valence-electron chi connectivity index (χ0n) is 14.1. The molecule has 26 heavy (non-hydrogen) atoms. The molecule has 0 saturated carbocycles. The standard InChI is InChI=1S/C22H16O2S2/c1-15(22(23)24-17-9-3-2-4-10-17)14-16-8-7-13-20-21(16)26-19-12-6-5-11-18(19)25-20/h2-14H,1H3. The van der Waals surface area contributed by atoms with E-state index >= 15 is 0 Å². The van der Waals surface area contributed by atoms with Gasteiger partial charge in [-0.15, -0.1) is 0 Å². The molecule has 0 unspecified atom stereocenters. The molecule has 0 amide bonds. The highest BCUT2D eigenvalue weighted by molar-refractivity contribution is 8.05. The van der Waals surface area contributed by atoms with E-state index in [0.29, 0.717) is 11.3 Å². The third-order valence-corrected chi connectivity index (χ3v) is 6.57. The number of rotatable bonds is 3. The molecule has 0 atom stereocenters. The molecule has 0 bridgehead atoms. The van der Waals surface area contributed by atoms with Gasteiger partial charge in [0.1, 0.15) is 5.75 Å². The molecular formula is C22H16O2S2. The van der Waals surface area contributed by atoms with Crippen LogP contribution in [0.2, 0.25) is 0 Å². The van der Waals surface area contributed by atoms with Gasteiger partial charge in [0.25, 0.3) is 0 Å². The van der Waals surface area contributed by atoms with Crippen LogP contribution in [0.15, 0.2) is 98.0 Å². The van der Waals surface area contributed by atoms with Gasteiger partial charge in [-0.25, -0.2) is 4.79 Å². The van der Waals surface area contributed by atoms with Gasteiger partial charge in [-0.05, 0) is 48.9 Å². The van der Waals surface area contributed by atoms with E-state index in [1.54, 1.807) is 42.6 Å². The summed E-state index contributed by atoms with van der Waals surface area (Å²) >= 11 is 3.52. The third-order valence-electron chi connectivity index (χ3n) is 3.94. The maximum atomic E-state index is 12.4. The number of carbonyl (C=O) groups excluding carboxylic acids is 1. The van der Waals surface area contributed by atoms with Crippen LogP contribution in [0.25, 0.3) is 6.08 Å². The van der Waals surface area contributed by atoms with Gasteiger partial charge in [0.2, 0.25) is 0 Å². The number of carbonyl (C=O) groups is 1. The zero-order chi connectivity index (χ0) is 17.9. The van der Waals surface area contributed by atoms with Gasteiger partial charge >= 0.3 is 5.97 Å². The van der Waals surface area contributed by atoms with Gasteiger partial charge in [0.05, 0.1) is 0 Å². The minimum atomic E-state index is -0.331. The Hall–Kier alpha value is -2.43. The number of esters is 1. The van der Waals surface area contributed by atoms with E-state index in [0.717, 1.165) is 5.56 Å². The van der Waals surface area contributed by atoms with E-state index in [1.165, 1.54) is 19.6 Å². The van der Waals surface area contributed by atoms with Gasteiger partial charge in [0.15, 0.2) is 0 Å². The molecule has 0 N–H and O–H groups in total. The van der Waals surface area contributed by atoms with Crippen molar-refractivity contribution in [2.75, 3.05) is 0 Å². The van der Waals surface area contributed by atoms with Crippen molar-refractivity contribution in [3.63, 3.8) is 0 Å². The summed E-state index contributed by atoms with van der Waals surface area (Å²) in [6, 6.07) is 23.7. The minimum absolute atomic E-state index is 0.331. The van der Waals surface area contributed by atoms with Gasteiger partial charge in [-0.2, -0.15) is 0 Å². The molecule has 4 rings (SSSR count). The SMILES string of the molecule is CC(=Cc1cccc2c1Sc1ccccc1S2)C(=O)Oc1ccccc1. The van der Waals surface area contributed by atoms with Gasteiger partial charge in [-0.3, -0.25) is 0 Å². The van der Waals surface area contributed by atoms with Crippen LogP contribution in [0.5, 0.6) is 5.75 Å². The highest BCUT2D eigenvalue weighted by Gasteiger charge is 2.19. The molecule has 0 saturated heterocycles. The number of para-hydroxylation sites is 1. The highest BCUT2D eigenvalue weighted by atomic mass is 32.2. The summed E-state index contributed by atoms with van der Waals surface area (Å²) in [5, 5.41) is 0. The van der Waals surface area contributed by atoms with Gasteiger partial charge < -0.3 is 4.74 Å². The van der Waals surface area contributed by atoms with E-state index < -0.39 is 0 Å². The van der Waals surface area contributed by atoms with Crippen molar-refractivity contribution in [3.8, 4) is 5.75 Å². The van der Waals surface area contributed by atoms with Crippen molar-refractivity contribution < 1.29 is 9.53 Å². The number of benzene rings is 3. The predicted octanol–water partition coefficient (Wildman–Crippen LogP) is 6.31. The van der Waals surface area contributed by atoms with Crippen molar-refractivity contribution in [2.24, 2.45) is 0 Å². The maximum absolute atomic E-state index is 12.4. The molecule has 1 heterocycles. The smallest absolute Gasteiger partial charge is 0.339 e. The number of hydrogen-bond donors (Lipinski definition) is 0. The average molecular weight is 377 g/mol. The Morgan fingerprint density at radius 3 is 2.23 bits per heavy atom.